The number of hydrogen-bond acceptors (Lipinski definition) is 7. The van der Waals surface area contributed by atoms with Gasteiger partial charge in [-0.15, -0.1) is 11.3 Å². The lowest BCUT2D eigenvalue weighted by atomic mass is 10.1. The molecule has 0 aliphatic heterocycles. The smallest absolute Gasteiger partial charge is 0.339 e. The van der Waals surface area contributed by atoms with Gasteiger partial charge in [0.1, 0.15) is 4.88 Å². The number of aryl methyl sites for hydroxylation is 2. The van der Waals surface area contributed by atoms with Crippen molar-refractivity contribution in [3.8, 4) is 0 Å². The Bertz CT molecular complexity index is 813. The molecule has 0 unspecified atom stereocenters. The van der Waals surface area contributed by atoms with Crippen LogP contribution in [-0.2, 0) is 9.47 Å². The van der Waals surface area contributed by atoms with Crippen molar-refractivity contribution in [3.05, 3.63) is 44.9 Å². The van der Waals surface area contributed by atoms with Gasteiger partial charge in [0.25, 0.3) is 5.91 Å². The average molecular weight is 348 g/mol. The first kappa shape index (κ1) is 17.6. The molecule has 1 amide bonds. The van der Waals surface area contributed by atoms with Crippen LogP contribution in [0.1, 0.15) is 41.1 Å². The molecule has 2 aromatic rings. The number of hydrogen-bond donors (Lipinski definition) is 1. The third-order valence-electron chi connectivity index (χ3n) is 3.20. The number of anilines is 1. The van der Waals surface area contributed by atoms with E-state index in [0.717, 1.165) is 5.01 Å². The van der Waals surface area contributed by atoms with Crippen molar-refractivity contribution in [2.24, 2.45) is 0 Å². The van der Waals surface area contributed by atoms with Gasteiger partial charge in [-0.25, -0.2) is 14.6 Å². The highest BCUT2D eigenvalue weighted by Gasteiger charge is 2.20. The summed E-state index contributed by atoms with van der Waals surface area (Å²) >= 11 is 1.25. The Balaban J connectivity index is 2.42. The molecule has 24 heavy (non-hydrogen) atoms. The molecule has 0 aliphatic carbocycles. The molecule has 0 atom stereocenters. The summed E-state index contributed by atoms with van der Waals surface area (Å²) in [5.41, 5.74) is 1.11. The topological polar surface area (TPSA) is 94.6 Å². The fraction of sp³-hybridized carbons (Fsp3) is 0.250. The Hall–Kier alpha value is -2.74. The minimum Gasteiger partial charge on any atom is -0.465 e. The van der Waals surface area contributed by atoms with E-state index in [4.69, 9.17) is 4.74 Å². The number of thiazole rings is 1. The van der Waals surface area contributed by atoms with Crippen molar-refractivity contribution >= 4 is 34.9 Å². The Morgan fingerprint density at radius 3 is 2.29 bits per heavy atom. The van der Waals surface area contributed by atoms with Crippen molar-refractivity contribution in [1.29, 1.82) is 0 Å². The van der Waals surface area contributed by atoms with E-state index in [-0.39, 0.29) is 16.8 Å². The van der Waals surface area contributed by atoms with Crippen LogP contribution < -0.4 is 5.32 Å². The number of carbonyl (C=O) groups is 3. The molecule has 0 radical (unpaired) electrons. The summed E-state index contributed by atoms with van der Waals surface area (Å²) in [4.78, 5) is 40.6. The molecule has 1 N–H and O–H groups in total. The quantitative estimate of drug-likeness (QED) is 0.854. The Kier molecular flexibility index (Phi) is 5.30. The molecule has 0 aliphatic rings. The van der Waals surface area contributed by atoms with Gasteiger partial charge in [-0.2, -0.15) is 0 Å². The van der Waals surface area contributed by atoms with Crippen LogP contribution >= 0.6 is 11.3 Å². The van der Waals surface area contributed by atoms with Crippen LogP contribution in [0.3, 0.4) is 0 Å². The summed E-state index contributed by atoms with van der Waals surface area (Å²) in [5, 5.41) is 3.40. The first-order valence-electron chi connectivity index (χ1n) is 6.93. The summed E-state index contributed by atoms with van der Waals surface area (Å²) in [7, 11) is 2.48. The average Bonchev–Trinajstić information content (AvgIpc) is 2.91. The van der Waals surface area contributed by atoms with Crippen molar-refractivity contribution in [2.45, 2.75) is 13.8 Å². The molecule has 0 bridgehead atoms. The van der Waals surface area contributed by atoms with E-state index >= 15 is 0 Å². The normalized spacial score (nSPS) is 10.2. The number of aromatic nitrogens is 1. The van der Waals surface area contributed by atoms with Gasteiger partial charge < -0.3 is 14.8 Å². The molecular formula is C16H16N2O5S. The van der Waals surface area contributed by atoms with Crippen LogP contribution in [0.2, 0.25) is 0 Å². The first-order chi connectivity index (χ1) is 11.4. The Labute approximate surface area is 142 Å². The minimum atomic E-state index is -0.626. The van der Waals surface area contributed by atoms with Crippen LogP contribution in [0.5, 0.6) is 0 Å². The van der Waals surface area contributed by atoms with Crippen LogP contribution in [0, 0.1) is 13.8 Å². The van der Waals surface area contributed by atoms with Gasteiger partial charge in [0, 0.05) is 0 Å². The number of esters is 2. The highest BCUT2D eigenvalue weighted by atomic mass is 32.1. The Morgan fingerprint density at radius 2 is 1.75 bits per heavy atom. The van der Waals surface area contributed by atoms with Gasteiger partial charge in [0.15, 0.2) is 0 Å². The predicted molar refractivity (Wildman–Crippen MR) is 88.7 cm³/mol. The van der Waals surface area contributed by atoms with Crippen molar-refractivity contribution in [3.63, 3.8) is 0 Å². The molecule has 2 rings (SSSR count). The zero-order valence-corrected chi connectivity index (χ0v) is 14.4. The number of nitrogens with zero attached hydrogens (tertiary/aromatic N) is 1. The third kappa shape index (κ3) is 3.60. The second-order valence-corrected chi connectivity index (χ2v) is 6.05. The molecule has 0 fully saturated rings. The second kappa shape index (κ2) is 7.22. The molecule has 0 saturated heterocycles. The molecule has 8 heteroatoms. The van der Waals surface area contributed by atoms with Gasteiger partial charge in [-0.1, -0.05) is 0 Å². The zero-order chi connectivity index (χ0) is 17.9. The van der Waals surface area contributed by atoms with Crippen LogP contribution in [0.25, 0.3) is 0 Å². The maximum atomic E-state index is 12.5. The van der Waals surface area contributed by atoms with E-state index in [0.29, 0.717) is 10.6 Å². The van der Waals surface area contributed by atoms with E-state index in [1.54, 1.807) is 13.8 Å². The van der Waals surface area contributed by atoms with Gasteiger partial charge in [-0.05, 0) is 32.0 Å². The molecule has 1 heterocycles. The summed E-state index contributed by atoms with van der Waals surface area (Å²) in [6, 6.07) is 4.20. The molecule has 0 spiro atoms. The Morgan fingerprint density at radius 1 is 1.08 bits per heavy atom. The van der Waals surface area contributed by atoms with Crippen LogP contribution in [0.15, 0.2) is 18.2 Å². The van der Waals surface area contributed by atoms with Crippen LogP contribution in [-0.4, -0.2) is 37.0 Å². The van der Waals surface area contributed by atoms with Gasteiger partial charge >= 0.3 is 11.9 Å². The SMILES string of the molecule is COC(=O)c1ccc(C(=O)OC)c(NC(=O)c2sc(C)nc2C)c1. The van der Waals surface area contributed by atoms with E-state index in [9.17, 15) is 14.4 Å². The maximum Gasteiger partial charge on any atom is 0.339 e. The number of benzene rings is 1. The largest absolute Gasteiger partial charge is 0.465 e. The van der Waals surface area contributed by atoms with E-state index in [1.807, 2.05) is 0 Å². The fourth-order valence-corrected chi connectivity index (χ4v) is 2.92. The summed E-state index contributed by atoms with van der Waals surface area (Å²) in [5.74, 6) is -1.61. The van der Waals surface area contributed by atoms with Gasteiger partial charge in [0.05, 0.1) is 41.7 Å². The number of methoxy groups -OCH3 is 2. The van der Waals surface area contributed by atoms with Crippen LogP contribution in [0.4, 0.5) is 5.69 Å². The standard InChI is InChI=1S/C16H16N2O5S/c1-8-13(24-9(2)17-8)14(19)18-12-7-10(15(20)22-3)5-6-11(12)16(21)23-4/h5-7H,1-4H3,(H,18,19). The van der Waals surface area contributed by atoms with E-state index < -0.39 is 17.8 Å². The zero-order valence-electron chi connectivity index (χ0n) is 13.6. The summed E-state index contributed by atoms with van der Waals surface area (Å²) in [6.45, 7) is 3.52. The lowest BCUT2D eigenvalue weighted by Gasteiger charge is -2.11. The first-order valence-corrected chi connectivity index (χ1v) is 7.75. The molecule has 1 aromatic carbocycles. The van der Waals surface area contributed by atoms with Crippen molar-refractivity contribution in [2.75, 3.05) is 19.5 Å². The highest BCUT2D eigenvalue weighted by Crippen LogP contribution is 2.23. The van der Waals surface area contributed by atoms with E-state index in [1.165, 1.54) is 43.8 Å². The van der Waals surface area contributed by atoms with Crippen molar-refractivity contribution < 1.29 is 23.9 Å². The lowest BCUT2D eigenvalue weighted by molar-refractivity contribution is 0.0587. The summed E-state index contributed by atoms with van der Waals surface area (Å²) in [6.07, 6.45) is 0. The number of nitrogens with one attached hydrogen (secondary N) is 1. The minimum absolute atomic E-state index is 0.136. The number of ether oxygens (including phenoxy) is 2. The number of amides is 1. The summed E-state index contributed by atoms with van der Waals surface area (Å²) < 4.78 is 9.36. The lowest BCUT2D eigenvalue weighted by Crippen LogP contribution is -2.16. The molecule has 7 nitrogen and oxygen atoms in total. The molecular weight excluding hydrogens is 332 g/mol. The van der Waals surface area contributed by atoms with Crippen molar-refractivity contribution in [1.82, 2.24) is 4.98 Å². The molecule has 1 aromatic heterocycles. The fourth-order valence-electron chi connectivity index (χ4n) is 2.10. The van der Waals surface area contributed by atoms with Gasteiger partial charge in [0.2, 0.25) is 0 Å². The van der Waals surface area contributed by atoms with E-state index in [2.05, 4.69) is 15.0 Å². The monoisotopic (exact) mass is 348 g/mol. The number of rotatable bonds is 4. The van der Waals surface area contributed by atoms with Gasteiger partial charge in [-0.3, -0.25) is 4.79 Å². The predicted octanol–water partition coefficient (Wildman–Crippen LogP) is 2.59. The molecule has 126 valence electrons. The molecule has 0 saturated carbocycles. The number of carbonyl (C=O) groups excluding carboxylic acids is 3. The second-order valence-electron chi connectivity index (χ2n) is 4.85. The maximum absolute atomic E-state index is 12.5. The highest BCUT2D eigenvalue weighted by molar-refractivity contribution is 7.13. The third-order valence-corrected chi connectivity index (χ3v) is 4.28.